The van der Waals surface area contributed by atoms with Crippen LogP contribution in [0.4, 0.5) is 23.1 Å². The summed E-state index contributed by atoms with van der Waals surface area (Å²) in [6, 6.07) is 7.07. The van der Waals surface area contributed by atoms with E-state index in [4.69, 9.17) is 9.72 Å². The van der Waals surface area contributed by atoms with Gasteiger partial charge >= 0.3 is 0 Å². The van der Waals surface area contributed by atoms with E-state index in [2.05, 4.69) is 37.8 Å². The number of piperidine rings is 2. The Labute approximate surface area is 242 Å². The highest BCUT2D eigenvalue weighted by Gasteiger charge is 2.39. The number of carbonyl (C=O) groups excluding carboxylic acids is 2. The number of anilines is 4. The van der Waals surface area contributed by atoms with Crippen LogP contribution in [0.2, 0.25) is 0 Å². The van der Waals surface area contributed by atoms with Crippen LogP contribution in [0.15, 0.2) is 24.4 Å². The molecule has 4 aliphatic rings. The zero-order chi connectivity index (χ0) is 28.7. The van der Waals surface area contributed by atoms with Crippen LogP contribution in [0.3, 0.4) is 0 Å². The third kappa shape index (κ3) is 5.58. The fraction of sp³-hybridized carbons (Fsp3) is 0.613. The number of nitrogens with zero attached hydrogens (tertiary/aromatic N) is 4. The SMILES string of the molecule is COc1cc(C(=O)NC2C[C@H]3CCC[C@@H](C2)N3C)ccc1Nc1ncc2c(n1)N(C1CCCC1)CC(C)(C)C(=O)N2. The molecule has 1 saturated carbocycles. The number of aromatic nitrogens is 2. The summed E-state index contributed by atoms with van der Waals surface area (Å²) in [4.78, 5) is 40.3. The van der Waals surface area contributed by atoms with E-state index in [1.165, 1.54) is 32.1 Å². The highest BCUT2D eigenvalue weighted by atomic mass is 16.5. The molecule has 2 saturated heterocycles. The summed E-state index contributed by atoms with van der Waals surface area (Å²) in [5, 5.41) is 9.62. The Balaban J connectivity index is 1.20. The topological polar surface area (TPSA) is 112 Å². The lowest BCUT2D eigenvalue weighted by Gasteiger charge is -2.47. The van der Waals surface area contributed by atoms with Gasteiger partial charge in [0.05, 0.1) is 24.4 Å². The van der Waals surface area contributed by atoms with Crippen molar-refractivity contribution >= 4 is 35.0 Å². The van der Waals surface area contributed by atoms with Crippen LogP contribution in [0.1, 0.15) is 82.0 Å². The van der Waals surface area contributed by atoms with Gasteiger partial charge in [0.1, 0.15) is 11.4 Å². The number of fused-ring (bicyclic) bond motifs is 3. The molecule has 1 aliphatic carbocycles. The Kier molecular flexibility index (Phi) is 7.52. The Morgan fingerprint density at radius 1 is 1.07 bits per heavy atom. The molecular formula is C31H43N7O3. The molecule has 2 bridgehead atoms. The van der Waals surface area contributed by atoms with Gasteiger partial charge in [-0.3, -0.25) is 9.59 Å². The summed E-state index contributed by atoms with van der Waals surface area (Å²) >= 11 is 0. The first-order valence-electron chi connectivity index (χ1n) is 15.1. The number of benzene rings is 1. The summed E-state index contributed by atoms with van der Waals surface area (Å²) in [5.41, 5.74) is 1.32. The smallest absolute Gasteiger partial charge is 0.251 e. The van der Waals surface area contributed by atoms with Crippen molar-refractivity contribution in [3.8, 4) is 5.75 Å². The van der Waals surface area contributed by atoms with Crippen molar-refractivity contribution in [3.05, 3.63) is 30.0 Å². The maximum absolute atomic E-state index is 13.2. The molecule has 1 aromatic carbocycles. The predicted octanol–water partition coefficient (Wildman–Crippen LogP) is 4.70. The zero-order valence-corrected chi connectivity index (χ0v) is 24.7. The monoisotopic (exact) mass is 561 g/mol. The molecule has 0 spiro atoms. The third-order valence-corrected chi connectivity index (χ3v) is 9.62. The molecule has 4 heterocycles. The lowest BCUT2D eigenvalue weighted by molar-refractivity contribution is -0.123. The van der Waals surface area contributed by atoms with Crippen LogP contribution < -0.4 is 25.6 Å². The molecule has 10 nitrogen and oxygen atoms in total. The molecule has 3 atom stereocenters. The van der Waals surface area contributed by atoms with E-state index in [1.807, 2.05) is 26.0 Å². The van der Waals surface area contributed by atoms with Crippen molar-refractivity contribution in [3.63, 3.8) is 0 Å². The van der Waals surface area contributed by atoms with Crippen molar-refractivity contribution in [2.24, 2.45) is 5.41 Å². The largest absolute Gasteiger partial charge is 0.495 e. The van der Waals surface area contributed by atoms with Crippen LogP contribution in [0.5, 0.6) is 5.75 Å². The van der Waals surface area contributed by atoms with E-state index in [9.17, 15) is 9.59 Å². The molecule has 1 unspecified atom stereocenters. The van der Waals surface area contributed by atoms with Crippen LogP contribution in [-0.4, -0.2) is 71.6 Å². The lowest BCUT2D eigenvalue weighted by Crippen LogP contribution is -2.55. The van der Waals surface area contributed by atoms with E-state index in [0.29, 0.717) is 53.3 Å². The molecule has 6 rings (SSSR count). The van der Waals surface area contributed by atoms with Gasteiger partial charge in [-0.25, -0.2) is 4.98 Å². The number of carbonyl (C=O) groups is 2. The second-order valence-electron chi connectivity index (χ2n) is 12.9. The van der Waals surface area contributed by atoms with Gasteiger partial charge in [-0.1, -0.05) is 19.3 Å². The summed E-state index contributed by atoms with van der Waals surface area (Å²) < 4.78 is 5.68. The predicted molar refractivity (Wildman–Crippen MR) is 160 cm³/mol. The fourth-order valence-corrected chi connectivity index (χ4v) is 7.18. The highest BCUT2D eigenvalue weighted by Crippen LogP contribution is 2.39. The summed E-state index contributed by atoms with van der Waals surface area (Å²) in [6.07, 6.45) is 11.9. The number of hydrogen-bond acceptors (Lipinski definition) is 8. The van der Waals surface area contributed by atoms with Gasteiger partial charge in [0.25, 0.3) is 5.91 Å². The second-order valence-corrected chi connectivity index (χ2v) is 12.9. The van der Waals surface area contributed by atoms with E-state index < -0.39 is 5.41 Å². The Morgan fingerprint density at radius 3 is 2.49 bits per heavy atom. The normalized spacial score (nSPS) is 26.1. The summed E-state index contributed by atoms with van der Waals surface area (Å²) in [6.45, 7) is 4.55. The molecule has 41 heavy (non-hydrogen) atoms. The number of amides is 2. The van der Waals surface area contributed by atoms with Crippen molar-refractivity contribution in [2.45, 2.75) is 95.8 Å². The van der Waals surface area contributed by atoms with Gasteiger partial charge in [0.15, 0.2) is 5.82 Å². The second kappa shape index (κ2) is 11.1. The Bertz CT molecular complexity index is 1290. The molecule has 1 aromatic heterocycles. The first-order chi connectivity index (χ1) is 19.7. The number of methoxy groups -OCH3 is 1. The van der Waals surface area contributed by atoms with Crippen molar-refractivity contribution < 1.29 is 14.3 Å². The van der Waals surface area contributed by atoms with Crippen molar-refractivity contribution in [2.75, 3.05) is 36.2 Å². The zero-order valence-electron chi connectivity index (χ0n) is 24.7. The number of hydrogen-bond donors (Lipinski definition) is 3. The van der Waals surface area contributed by atoms with E-state index in [0.717, 1.165) is 31.5 Å². The molecule has 0 radical (unpaired) electrons. The minimum atomic E-state index is -0.553. The minimum Gasteiger partial charge on any atom is -0.495 e. The average Bonchev–Trinajstić information content (AvgIpc) is 3.45. The number of ether oxygens (including phenoxy) is 1. The van der Waals surface area contributed by atoms with Gasteiger partial charge in [-0.2, -0.15) is 4.98 Å². The lowest BCUT2D eigenvalue weighted by atomic mass is 9.82. The molecule has 2 amide bonds. The third-order valence-electron chi connectivity index (χ3n) is 9.62. The maximum Gasteiger partial charge on any atom is 0.251 e. The highest BCUT2D eigenvalue weighted by molar-refractivity contribution is 5.99. The number of rotatable bonds is 6. The summed E-state index contributed by atoms with van der Waals surface area (Å²) in [5.74, 6) is 1.59. The van der Waals surface area contributed by atoms with Gasteiger partial charge in [0.2, 0.25) is 11.9 Å². The number of nitrogens with one attached hydrogen (secondary N) is 3. The molecule has 220 valence electrons. The Morgan fingerprint density at radius 2 is 1.78 bits per heavy atom. The maximum atomic E-state index is 13.2. The van der Waals surface area contributed by atoms with Crippen LogP contribution in [-0.2, 0) is 4.79 Å². The first kappa shape index (κ1) is 27.8. The standard InChI is InChI=1S/C31H43N7O3/c1-31(2)18-38(21-8-5-6-9-21)27-25(34-29(31)40)17-32-30(36-27)35-24-13-12-19(14-26(24)41-4)28(39)33-20-15-22-10-7-11-23(16-20)37(22)3/h12-14,17,20-23H,5-11,15-16,18H2,1-4H3,(H,33,39)(H,34,40)(H,32,35,36)/t20?,22-,23+. The van der Waals surface area contributed by atoms with Gasteiger partial charge < -0.3 is 30.5 Å². The van der Waals surface area contributed by atoms with Gasteiger partial charge in [-0.05, 0) is 77.6 Å². The van der Waals surface area contributed by atoms with E-state index in [1.54, 1.807) is 19.4 Å². The molecule has 3 N–H and O–H groups in total. The van der Waals surface area contributed by atoms with Crippen LogP contribution in [0, 0.1) is 5.41 Å². The van der Waals surface area contributed by atoms with Crippen molar-refractivity contribution in [1.82, 2.24) is 20.2 Å². The molecule has 3 fully saturated rings. The van der Waals surface area contributed by atoms with E-state index in [-0.39, 0.29) is 17.9 Å². The molecule has 2 aromatic rings. The van der Waals surface area contributed by atoms with Gasteiger partial charge in [0, 0.05) is 36.3 Å². The first-order valence-corrected chi connectivity index (χ1v) is 15.1. The van der Waals surface area contributed by atoms with Gasteiger partial charge in [-0.15, -0.1) is 0 Å². The fourth-order valence-electron chi connectivity index (χ4n) is 7.18. The quantitative estimate of drug-likeness (QED) is 0.465. The van der Waals surface area contributed by atoms with Crippen LogP contribution in [0.25, 0.3) is 0 Å². The molecule has 10 heteroatoms. The molecular weight excluding hydrogens is 518 g/mol. The molecule has 3 aliphatic heterocycles. The van der Waals surface area contributed by atoms with E-state index >= 15 is 0 Å². The Hall–Kier alpha value is -3.40. The van der Waals surface area contributed by atoms with Crippen LogP contribution >= 0.6 is 0 Å². The minimum absolute atomic E-state index is 0.0254. The summed E-state index contributed by atoms with van der Waals surface area (Å²) in [7, 11) is 3.82. The van der Waals surface area contributed by atoms with Crippen molar-refractivity contribution in [1.29, 1.82) is 0 Å². The average molecular weight is 562 g/mol.